The molecule has 0 spiro atoms. The van der Waals surface area contributed by atoms with E-state index in [0.717, 1.165) is 0 Å². The highest BCUT2D eigenvalue weighted by molar-refractivity contribution is 5.84. The third-order valence-corrected chi connectivity index (χ3v) is 6.91. The predicted octanol–water partition coefficient (Wildman–Crippen LogP) is 4.06. The number of nitrogens with zero attached hydrogens (tertiary/aromatic N) is 4. The third kappa shape index (κ3) is 8.13. The van der Waals surface area contributed by atoms with Gasteiger partial charge in [-0.3, -0.25) is 24.1 Å². The molecule has 1 aromatic heterocycles. The van der Waals surface area contributed by atoms with Gasteiger partial charge in [-0.05, 0) is 78.6 Å². The maximum atomic E-state index is 13.2. The van der Waals surface area contributed by atoms with Gasteiger partial charge in [0.15, 0.2) is 6.23 Å². The van der Waals surface area contributed by atoms with Crippen molar-refractivity contribution >= 4 is 17.6 Å². The summed E-state index contributed by atoms with van der Waals surface area (Å²) in [6.45, 7) is 19.1. The first-order valence-electron chi connectivity index (χ1n) is 14.4. The molecule has 41 heavy (non-hydrogen) atoms. The number of rotatable bonds is 9. The molecular weight excluding hydrogens is 526 g/mol. The molecule has 2 atom stereocenters. The van der Waals surface area contributed by atoms with E-state index in [4.69, 9.17) is 9.47 Å². The van der Waals surface area contributed by atoms with Crippen molar-refractivity contribution in [2.45, 2.75) is 92.3 Å². The number of piperazine rings is 1. The van der Waals surface area contributed by atoms with Gasteiger partial charge in [0.1, 0.15) is 23.3 Å². The lowest BCUT2D eigenvalue weighted by atomic mass is 10.0. The van der Waals surface area contributed by atoms with Crippen LogP contribution in [0.15, 0.2) is 39.9 Å². The molecule has 228 valence electrons. The molecule has 2 N–H and O–H groups in total. The number of aliphatic hydroxyl groups excluding tert-OH is 1. The van der Waals surface area contributed by atoms with E-state index in [1.807, 2.05) is 41.5 Å². The minimum atomic E-state index is -0.759. The Kier molecular flexibility index (Phi) is 10.3. The molecule has 1 aliphatic heterocycles. The van der Waals surface area contributed by atoms with E-state index in [1.54, 1.807) is 55.7 Å². The molecule has 3 rings (SSSR count). The Morgan fingerprint density at radius 3 is 1.95 bits per heavy atom. The van der Waals surface area contributed by atoms with Crippen molar-refractivity contribution in [1.82, 2.24) is 14.0 Å². The Bertz CT molecular complexity index is 1280. The highest BCUT2D eigenvalue weighted by Gasteiger charge is 2.33. The lowest BCUT2D eigenvalue weighted by Crippen LogP contribution is -2.57. The van der Waals surface area contributed by atoms with Crippen LogP contribution in [0.5, 0.6) is 5.75 Å². The number of aromatic nitrogens is 2. The minimum absolute atomic E-state index is 0.0547. The number of aliphatic hydroxyl groups is 1. The summed E-state index contributed by atoms with van der Waals surface area (Å²) in [5.74, 6) is 1.11. The van der Waals surface area contributed by atoms with Crippen molar-refractivity contribution in [3.63, 3.8) is 0 Å². The Hall–Kier alpha value is -3.31. The number of amides is 1. The van der Waals surface area contributed by atoms with E-state index in [-0.39, 0.29) is 29.3 Å². The van der Waals surface area contributed by atoms with E-state index in [0.29, 0.717) is 43.4 Å². The second-order valence-corrected chi connectivity index (χ2v) is 12.5. The summed E-state index contributed by atoms with van der Waals surface area (Å²) in [4.78, 5) is 42.3. The lowest BCUT2D eigenvalue weighted by Gasteiger charge is -2.42. The van der Waals surface area contributed by atoms with E-state index in [1.165, 1.54) is 4.57 Å². The van der Waals surface area contributed by atoms with Gasteiger partial charge >= 0.3 is 11.8 Å². The molecule has 0 radical (unpaired) electrons. The van der Waals surface area contributed by atoms with Gasteiger partial charge in [-0.1, -0.05) is 13.8 Å². The number of benzene rings is 1. The van der Waals surface area contributed by atoms with Gasteiger partial charge in [0, 0.05) is 50.0 Å². The van der Waals surface area contributed by atoms with Gasteiger partial charge in [0.25, 0.3) is 5.56 Å². The average molecular weight is 574 g/mol. The zero-order valence-corrected chi connectivity index (χ0v) is 25.9. The van der Waals surface area contributed by atoms with Crippen molar-refractivity contribution in [2.75, 3.05) is 36.4 Å². The molecule has 2 aromatic rings. The SMILES string of the molecule is CC(C)C(O)C(Oc1ccc(NC(=O)OC(C)(C)C)cc1)N1CCN(c2cc(=O)n(C(C)C)c(=O)n2C(C)C)CC1. The fourth-order valence-electron chi connectivity index (χ4n) is 4.84. The van der Waals surface area contributed by atoms with Crippen molar-refractivity contribution in [1.29, 1.82) is 0 Å². The molecule has 0 bridgehead atoms. The molecule has 1 fully saturated rings. The normalized spacial score (nSPS) is 16.3. The quantitative estimate of drug-likeness (QED) is 0.461. The molecule has 0 saturated carbocycles. The van der Waals surface area contributed by atoms with Crippen LogP contribution in [0.1, 0.15) is 74.4 Å². The standard InChI is InChI=1S/C30H47N5O6/c1-19(2)26(37)27(40-23-12-10-22(11-13-23)31-28(38)41-30(7,8)9)33-16-14-32(15-17-33)24-18-25(36)35(21(5)6)29(39)34(24)20(3)4/h10-13,18-21,26-27,37H,14-17H2,1-9H3,(H,31,38). The summed E-state index contributed by atoms with van der Waals surface area (Å²) in [5.41, 5.74) is -0.643. The van der Waals surface area contributed by atoms with Gasteiger partial charge < -0.3 is 19.5 Å². The van der Waals surface area contributed by atoms with Crippen LogP contribution in [0.3, 0.4) is 0 Å². The Morgan fingerprint density at radius 2 is 1.46 bits per heavy atom. The summed E-state index contributed by atoms with van der Waals surface area (Å²) in [7, 11) is 0. The summed E-state index contributed by atoms with van der Waals surface area (Å²) < 4.78 is 14.6. The molecular formula is C30H47N5O6. The van der Waals surface area contributed by atoms with Crippen molar-refractivity contribution in [2.24, 2.45) is 5.92 Å². The van der Waals surface area contributed by atoms with Crippen molar-refractivity contribution in [3.8, 4) is 5.75 Å². The molecule has 11 heteroatoms. The lowest BCUT2D eigenvalue weighted by molar-refractivity contribution is -0.0851. The van der Waals surface area contributed by atoms with Crippen LogP contribution in [0, 0.1) is 5.92 Å². The Balaban J connectivity index is 1.76. The van der Waals surface area contributed by atoms with Crippen LogP contribution in [-0.2, 0) is 4.74 Å². The Morgan fingerprint density at radius 1 is 0.902 bits per heavy atom. The first-order chi connectivity index (χ1) is 19.1. The van der Waals surface area contributed by atoms with Crippen LogP contribution in [0.2, 0.25) is 0 Å². The molecule has 2 heterocycles. The topological polar surface area (TPSA) is 118 Å². The van der Waals surface area contributed by atoms with Crippen molar-refractivity contribution < 1.29 is 19.4 Å². The van der Waals surface area contributed by atoms with E-state index >= 15 is 0 Å². The molecule has 1 aromatic carbocycles. The summed E-state index contributed by atoms with van der Waals surface area (Å²) in [6, 6.07) is 8.14. The first kappa shape index (κ1) is 32.2. The van der Waals surface area contributed by atoms with Crippen LogP contribution >= 0.6 is 0 Å². The molecule has 1 saturated heterocycles. The first-order valence-corrected chi connectivity index (χ1v) is 14.4. The monoisotopic (exact) mass is 573 g/mol. The fourth-order valence-corrected chi connectivity index (χ4v) is 4.84. The van der Waals surface area contributed by atoms with E-state index < -0.39 is 24.0 Å². The van der Waals surface area contributed by atoms with Crippen LogP contribution in [-0.4, -0.2) is 69.3 Å². The third-order valence-electron chi connectivity index (χ3n) is 6.91. The second kappa shape index (κ2) is 13.1. The number of carbonyl (C=O) groups excluding carboxylic acids is 1. The van der Waals surface area contributed by atoms with Gasteiger partial charge in [0.2, 0.25) is 0 Å². The molecule has 0 aliphatic carbocycles. The largest absolute Gasteiger partial charge is 0.472 e. The van der Waals surface area contributed by atoms with Crippen molar-refractivity contribution in [3.05, 3.63) is 51.2 Å². The van der Waals surface area contributed by atoms with Crippen LogP contribution in [0.4, 0.5) is 16.3 Å². The van der Waals surface area contributed by atoms with E-state index in [2.05, 4.69) is 15.1 Å². The Labute approximate surface area is 242 Å². The zero-order valence-electron chi connectivity index (χ0n) is 25.9. The molecule has 1 amide bonds. The summed E-state index contributed by atoms with van der Waals surface area (Å²) in [6.07, 6.45) is -1.91. The highest BCUT2D eigenvalue weighted by atomic mass is 16.6. The highest BCUT2D eigenvalue weighted by Crippen LogP contribution is 2.25. The van der Waals surface area contributed by atoms with Crippen LogP contribution in [0.25, 0.3) is 0 Å². The number of nitrogens with one attached hydrogen (secondary N) is 1. The molecule has 11 nitrogen and oxygen atoms in total. The smallest absolute Gasteiger partial charge is 0.412 e. The fraction of sp³-hybridized carbons (Fsp3) is 0.633. The number of hydrogen-bond donors (Lipinski definition) is 2. The summed E-state index contributed by atoms with van der Waals surface area (Å²) >= 11 is 0. The number of carbonyl (C=O) groups is 1. The van der Waals surface area contributed by atoms with Gasteiger partial charge in [-0.2, -0.15) is 0 Å². The molecule has 1 aliphatic rings. The number of hydrogen-bond acceptors (Lipinski definition) is 8. The zero-order chi connectivity index (χ0) is 30.6. The maximum absolute atomic E-state index is 13.2. The average Bonchev–Trinajstić information content (AvgIpc) is 2.86. The van der Waals surface area contributed by atoms with Crippen LogP contribution < -0.4 is 26.2 Å². The van der Waals surface area contributed by atoms with Gasteiger partial charge in [-0.25, -0.2) is 9.59 Å². The number of anilines is 2. The minimum Gasteiger partial charge on any atom is -0.472 e. The summed E-state index contributed by atoms with van der Waals surface area (Å²) in [5, 5.41) is 13.8. The molecule has 2 unspecified atom stereocenters. The van der Waals surface area contributed by atoms with Gasteiger partial charge in [-0.15, -0.1) is 0 Å². The van der Waals surface area contributed by atoms with E-state index in [9.17, 15) is 19.5 Å². The number of ether oxygens (including phenoxy) is 2. The predicted molar refractivity (Wildman–Crippen MR) is 161 cm³/mol. The van der Waals surface area contributed by atoms with Gasteiger partial charge in [0.05, 0.1) is 0 Å². The maximum Gasteiger partial charge on any atom is 0.412 e. The second-order valence-electron chi connectivity index (χ2n) is 12.5.